The Balaban J connectivity index is 2.05. The number of sulfonamides is 1. The van der Waals surface area contributed by atoms with Crippen molar-refractivity contribution in [2.75, 3.05) is 10.5 Å². The quantitative estimate of drug-likeness (QED) is 0.835. The van der Waals surface area contributed by atoms with Gasteiger partial charge in [-0.05, 0) is 43.4 Å². The van der Waals surface area contributed by atoms with E-state index in [9.17, 15) is 13.5 Å². The van der Waals surface area contributed by atoms with Crippen LogP contribution in [0.3, 0.4) is 0 Å². The van der Waals surface area contributed by atoms with Crippen LogP contribution in [0.25, 0.3) is 0 Å². The smallest absolute Gasteiger partial charge is 0.233 e. The third kappa shape index (κ3) is 4.13. The average molecular weight is 283 g/mol. The van der Waals surface area contributed by atoms with Gasteiger partial charge in [-0.25, -0.2) is 8.42 Å². The maximum Gasteiger partial charge on any atom is 0.233 e. The van der Waals surface area contributed by atoms with Gasteiger partial charge in [-0.2, -0.15) is 0 Å². The van der Waals surface area contributed by atoms with Gasteiger partial charge in [0.25, 0.3) is 0 Å². The number of benzene rings is 1. The summed E-state index contributed by atoms with van der Waals surface area (Å²) in [5.41, 5.74) is 1.18. The van der Waals surface area contributed by atoms with Crippen LogP contribution in [0.5, 0.6) is 5.75 Å². The van der Waals surface area contributed by atoms with E-state index in [4.69, 9.17) is 0 Å². The van der Waals surface area contributed by atoms with Crippen LogP contribution < -0.4 is 4.72 Å². The van der Waals surface area contributed by atoms with Crippen LogP contribution in [0.4, 0.5) is 5.69 Å². The SMILES string of the molecule is Cc1ccc(O)c(NS(=O)(=O)CC2CCCCC2)c1. The summed E-state index contributed by atoms with van der Waals surface area (Å²) < 4.78 is 26.7. The molecule has 0 saturated heterocycles. The van der Waals surface area contributed by atoms with Crippen molar-refractivity contribution in [2.45, 2.75) is 39.0 Å². The van der Waals surface area contributed by atoms with E-state index < -0.39 is 10.0 Å². The Labute approximate surface area is 114 Å². The van der Waals surface area contributed by atoms with Gasteiger partial charge in [-0.1, -0.05) is 25.3 Å². The van der Waals surface area contributed by atoms with Gasteiger partial charge in [0.2, 0.25) is 10.0 Å². The number of hydrogen-bond acceptors (Lipinski definition) is 3. The Morgan fingerprint density at radius 2 is 1.95 bits per heavy atom. The van der Waals surface area contributed by atoms with Crippen molar-refractivity contribution >= 4 is 15.7 Å². The third-order valence-electron chi connectivity index (χ3n) is 3.60. The normalized spacial score (nSPS) is 17.3. The van der Waals surface area contributed by atoms with Crippen LogP contribution in [0.15, 0.2) is 18.2 Å². The maximum absolute atomic E-state index is 12.1. The fourth-order valence-electron chi connectivity index (χ4n) is 2.60. The zero-order valence-corrected chi connectivity index (χ0v) is 12.0. The lowest BCUT2D eigenvalue weighted by molar-refractivity contribution is 0.385. The molecular weight excluding hydrogens is 262 g/mol. The summed E-state index contributed by atoms with van der Waals surface area (Å²) in [6, 6.07) is 4.90. The molecule has 1 aromatic rings. The molecular formula is C14H21NO3S. The van der Waals surface area contributed by atoms with Crippen molar-refractivity contribution in [3.05, 3.63) is 23.8 Å². The topological polar surface area (TPSA) is 66.4 Å². The molecule has 0 radical (unpaired) electrons. The van der Waals surface area contributed by atoms with Gasteiger partial charge in [-0.15, -0.1) is 0 Å². The summed E-state index contributed by atoms with van der Waals surface area (Å²) in [5.74, 6) is 0.372. The van der Waals surface area contributed by atoms with E-state index in [0.29, 0.717) is 0 Å². The number of hydrogen-bond donors (Lipinski definition) is 2. The van der Waals surface area contributed by atoms with Crippen molar-refractivity contribution < 1.29 is 13.5 Å². The van der Waals surface area contributed by atoms with E-state index in [1.54, 1.807) is 12.1 Å². The number of nitrogens with one attached hydrogen (secondary N) is 1. The van der Waals surface area contributed by atoms with E-state index in [1.165, 1.54) is 12.5 Å². The molecule has 5 heteroatoms. The highest BCUT2D eigenvalue weighted by Gasteiger charge is 2.22. The van der Waals surface area contributed by atoms with Crippen LogP contribution in [0.1, 0.15) is 37.7 Å². The molecule has 0 atom stereocenters. The molecule has 1 aliphatic carbocycles. The van der Waals surface area contributed by atoms with E-state index in [1.807, 2.05) is 6.92 Å². The molecule has 106 valence electrons. The number of phenolic OH excluding ortho intramolecular Hbond substituents is 1. The maximum atomic E-state index is 12.1. The molecule has 19 heavy (non-hydrogen) atoms. The number of anilines is 1. The monoisotopic (exact) mass is 283 g/mol. The molecule has 1 aromatic carbocycles. The molecule has 0 aromatic heterocycles. The van der Waals surface area contributed by atoms with Gasteiger partial charge < -0.3 is 5.11 Å². The fraction of sp³-hybridized carbons (Fsp3) is 0.571. The van der Waals surface area contributed by atoms with Crippen molar-refractivity contribution in [3.8, 4) is 5.75 Å². The predicted molar refractivity (Wildman–Crippen MR) is 76.8 cm³/mol. The van der Waals surface area contributed by atoms with Gasteiger partial charge in [-0.3, -0.25) is 4.72 Å². The zero-order chi connectivity index (χ0) is 13.9. The Bertz CT molecular complexity index is 534. The van der Waals surface area contributed by atoms with E-state index in [-0.39, 0.29) is 23.1 Å². The first kappa shape index (κ1) is 14.2. The van der Waals surface area contributed by atoms with Crippen LogP contribution in [-0.4, -0.2) is 19.3 Å². The zero-order valence-electron chi connectivity index (χ0n) is 11.2. The van der Waals surface area contributed by atoms with Crippen LogP contribution in [0.2, 0.25) is 0 Å². The molecule has 1 aliphatic rings. The summed E-state index contributed by atoms with van der Waals surface area (Å²) in [6.07, 6.45) is 5.43. The second-order valence-electron chi connectivity index (χ2n) is 5.41. The first-order valence-electron chi connectivity index (χ1n) is 6.76. The van der Waals surface area contributed by atoms with E-state index in [2.05, 4.69) is 4.72 Å². The molecule has 0 aliphatic heterocycles. The largest absolute Gasteiger partial charge is 0.506 e. The highest BCUT2D eigenvalue weighted by molar-refractivity contribution is 7.92. The summed E-state index contributed by atoms with van der Waals surface area (Å²) in [6.45, 7) is 1.86. The Hall–Kier alpha value is -1.23. The minimum Gasteiger partial charge on any atom is -0.506 e. The molecule has 0 heterocycles. The lowest BCUT2D eigenvalue weighted by Crippen LogP contribution is -2.24. The minimum absolute atomic E-state index is 0.0298. The Morgan fingerprint density at radius 1 is 1.26 bits per heavy atom. The van der Waals surface area contributed by atoms with E-state index in [0.717, 1.165) is 31.2 Å². The highest BCUT2D eigenvalue weighted by atomic mass is 32.2. The Morgan fingerprint density at radius 3 is 2.63 bits per heavy atom. The summed E-state index contributed by atoms with van der Waals surface area (Å²) in [7, 11) is -3.38. The van der Waals surface area contributed by atoms with Crippen molar-refractivity contribution in [3.63, 3.8) is 0 Å². The standard InChI is InChI=1S/C14H21NO3S/c1-11-7-8-14(16)13(9-11)15-19(17,18)10-12-5-3-2-4-6-12/h7-9,12,15-16H,2-6,10H2,1H3. The molecule has 4 nitrogen and oxygen atoms in total. The van der Waals surface area contributed by atoms with Crippen LogP contribution >= 0.6 is 0 Å². The van der Waals surface area contributed by atoms with Gasteiger partial charge in [0.1, 0.15) is 5.75 Å². The highest BCUT2D eigenvalue weighted by Crippen LogP contribution is 2.28. The molecule has 0 amide bonds. The lowest BCUT2D eigenvalue weighted by atomic mass is 9.91. The fourth-order valence-corrected chi connectivity index (χ4v) is 4.14. The second-order valence-corrected chi connectivity index (χ2v) is 7.18. The summed E-state index contributed by atoms with van der Waals surface area (Å²) in [4.78, 5) is 0. The van der Waals surface area contributed by atoms with Crippen molar-refractivity contribution in [1.82, 2.24) is 0 Å². The summed E-state index contributed by atoms with van der Waals surface area (Å²) >= 11 is 0. The first-order chi connectivity index (χ1) is 8.96. The van der Waals surface area contributed by atoms with Gasteiger partial charge in [0.05, 0.1) is 11.4 Å². The van der Waals surface area contributed by atoms with Gasteiger partial charge >= 0.3 is 0 Å². The molecule has 0 spiro atoms. The molecule has 1 fully saturated rings. The van der Waals surface area contributed by atoms with Gasteiger partial charge in [0, 0.05) is 0 Å². The minimum atomic E-state index is -3.38. The van der Waals surface area contributed by atoms with E-state index >= 15 is 0 Å². The molecule has 0 unspecified atom stereocenters. The molecule has 0 bridgehead atoms. The lowest BCUT2D eigenvalue weighted by Gasteiger charge is -2.21. The number of aromatic hydroxyl groups is 1. The van der Waals surface area contributed by atoms with Crippen molar-refractivity contribution in [2.24, 2.45) is 5.92 Å². The van der Waals surface area contributed by atoms with Crippen molar-refractivity contribution in [1.29, 1.82) is 0 Å². The predicted octanol–water partition coefficient (Wildman–Crippen LogP) is 3.02. The van der Waals surface area contributed by atoms with Crippen LogP contribution in [0, 0.1) is 12.8 Å². The Kier molecular flexibility index (Phi) is 4.34. The average Bonchev–Trinajstić information content (AvgIpc) is 2.34. The number of rotatable bonds is 4. The molecule has 2 N–H and O–H groups in total. The summed E-state index contributed by atoms with van der Waals surface area (Å²) in [5, 5.41) is 9.68. The third-order valence-corrected chi connectivity index (χ3v) is 5.04. The molecule has 2 rings (SSSR count). The van der Waals surface area contributed by atoms with Gasteiger partial charge in [0.15, 0.2) is 0 Å². The molecule has 1 saturated carbocycles. The first-order valence-corrected chi connectivity index (χ1v) is 8.41. The second kappa shape index (κ2) is 5.82. The number of aryl methyl sites for hydroxylation is 1. The number of phenols is 1. The van der Waals surface area contributed by atoms with Crippen LogP contribution in [-0.2, 0) is 10.0 Å².